The average molecular weight is 400 g/mol. The molecule has 3 rings (SSSR count). The highest BCUT2D eigenvalue weighted by molar-refractivity contribution is 4.89. The fourth-order valence-corrected chi connectivity index (χ4v) is 4.80. The van der Waals surface area contributed by atoms with Gasteiger partial charge in [0, 0.05) is 25.7 Å². The predicted molar refractivity (Wildman–Crippen MR) is 110 cm³/mol. The molecular formula is C20H41N5O3. The van der Waals surface area contributed by atoms with Gasteiger partial charge < -0.3 is 24.8 Å². The van der Waals surface area contributed by atoms with Crippen LogP contribution in [-0.4, -0.2) is 93.3 Å². The van der Waals surface area contributed by atoms with Gasteiger partial charge in [-0.25, -0.2) is 0 Å². The van der Waals surface area contributed by atoms with E-state index in [2.05, 4.69) is 33.1 Å². The van der Waals surface area contributed by atoms with E-state index >= 15 is 0 Å². The highest BCUT2D eigenvalue weighted by Gasteiger charge is 2.34. The molecule has 0 bridgehead atoms. The lowest BCUT2D eigenvalue weighted by molar-refractivity contribution is -0.104. The summed E-state index contributed by atoms with van der Waals surface area (Å²) in [7, 11) is 3.76. The lowest BCUT2D eigenvalue weighted by Gasteiger charge is -2.41. The van der Waals surface area contributed by atoms with Gasteiger partial charge in [0.1, 0.15) is 6.29 Å². The number of rotatable bonds is 9. The first-order valence-electron chi connectivity index (χ1n) is 11.1. The number of hydrogen-bond donors (Lipinski definition) is 5. The quantitative estimate of drug-likeness (QED) is 0.364. The van der Waals surface area contributed by atoms with Crippen molar-refractivity contribution in [3.8, 4) is 0 Å². The third-order valence-electron chi connectivity index (χ3n) is 6.36. The van der Waals surface area contributed by atoms with Crippen LogP contribution >= 0.6 is 0 Å². The largest absolute Gasteiger partial charge is 0.389 e. The lowest BCUT2D eigenvalue weighted by atomic mass is 9.90. The fourth-order valence-electron chi connectivity index (χ4n) is 4.80. The number of β-amino-alcohol motifs (C(OH)–C–C–N with tert-alkyl or cyclic N) is 1. The maximum absolute atomic E-state index is 10.4. The molecule has 0 amide bonds. The standard InChI is InChI=1S/C20H41N5O3/c1-14-10-19(21-2)24-20(22-14)23-15-6-7-17(27-3)18(11-15)28-13-16(26)12-25-8-4-5-9-25/h14-24,26H,4-13H2,1-3H3/t14?,15?,16-,17?,18?,19?,20?/m1/s1. The zero-order valence-electron chi connectivity index (χ0n) is 17.8. The summed E-state index contributed by atoms with van der Waals surface area (Å²) >= 11 is 0. The molecule has 28 heavy (non-hydrogen) atoms. The van der Waals surface area contributed by atoms with Gasteiger partial charge in [-0.3, -0.25) is 16.0 Å². The van der Waals surface area contributed by atoms with Crippen molar-refractivity contribution in [1.82, 2.24) is 26.2 Å². The van der Waals surface area contributed by atoms with Crippen LogP contribution in [0, 0.1) is 0 Å². The monoisotopic (exact) mass is 399 g/mol. The van der Waals surface area contributed by atoms with Crippen LogP contribution in [0.5, 0.6) is 0 Å². The van der Waals surface area contributed by atoms with Crippen LogP contribution in [0.4, 0.5) is 0 Å². The van der Waals surface area contributed by atoms with Crippen LogP contribution in [0.25, 0.3) is 0 Å². The Hall–Kier alpha value is -0.320. The van der Waals surface area contributed by atoms with Gasteiger partial charge in [0.2, 0.25) is 0 Å². The third kappa shape index (κ3) is 6.60. The second kappa shape index (κ2) is 11.2. The summed E-state index contributed by atoms with van der Waals surface area (Å²) in [6, 6.07) is 0.819. The first kappa shape index (κ1) is 22.4. The topological polar surface area (TPSA) is 90.0 Å². The van der Waals surface area contributed by atoms with E-state index in [0.29, 0.717) is 31.4 Å². The number of methoxy groups -OCH3 is 1. The molecule has 1 saturated carbocycles. The van der Waals surface area contributed by atoms with E-state index in [1.807, 2.05) is 7.05 Å². The van der Waals surface area contributed by atoms with E-state index in [-0.39, 0.29) is 18.5 Å². The minimum Gasteiger partial charge on any atom is -0.389 e. The molecule has 164 valence electrons. The van der Waals surface area contributed by atoms with E-state index in [4.69, 9.17) is 9.47 Å². The Labute approximate surface area is 170 Å². The predicted octanol–water partition coefficient (Wildman–Crippen LogP) is -0.214. The molecular weight excluding hydrogens is 358 g/mol. The number of ether oxygens (including phenoxy) is 2. The summed E-state index contributed by atoms with van der Waals surface area (Å²) in [6.45, 7) is 5.51. The van der Waals surface area contributed by atoms with Crippen molar-refractivity contribution in [1.29, 1.82) is 0 Å². The summed E-state index contributed by atoms with van der Waals surface area (Å²) in [5.41, 5.74) is 0. The summed E-state index contributed by atoms with van der Waals surface area (Å²) in [6.07, 6.45) is 6.58. The number of aliphatic hydroxyl groups is 1. The number of likely N-dealkylation sites (tertiary alicyclic amines) is 1. The number of nitrogens with zero attached hydrogens (tertiary/aromatic N) is 1. The van der Waals surface area contributed by atoms with Crippen molar-refractivity contribution in [3.05, 3.63) is 0 Å². The van der Waals surface area contributed by atoms with Crippen molar-refractivity contribution < 1.29 is 14.6 Å². The van der Waals surface area contributed by atoms with Gasteiger partial charge in [-0.15, -0.1) is 0 Å². The smallest absolute Gasteiger partial charge is 0.113 e. The lowest BCUT2D eigenvalue weighted by Crippen LogP contribution is -2.68. The molecule has 2 heterocycles. The molecule has 6 unspecified atom stereocenters. The third-order valence-corrected chi connectivity index (χ3v) is 6.36. The Morgan fingerprint density at radius 1 is 1.14 bits per heavy atom. The van der Waals surface area contributed by atoms with E-state index in [9.17, 15) is 5.11 Å². The zero-order valence-corrected chi connectivity index (χ0v) is 17.8. The highest BCUT2D eigenvalue weighted by atomic mass is 16.5. The van der Waals surface area contributed by atoms with Gasteiger partial charge in [-0.05, 0) is 65.6 Å². The van der Waals surface area contributed by atoms with Crippen molar-refractivity contribution in [2.24, 2.45) is 0 Å². The minimum atomic E-state index is -0.428. The minimum absolute atomic E-state index is 0.0191. The number of hydrogen-bond acceptors (Lipinski definition) is 8. The maximum atomic E-state index is 10.4. The zero-order chi connectivity index (χ0) is 19.9. The first-order chi connectivity index (χ1) is 13.6. The van der Waals surface area contributed by atoms with E-state index in [1.54, 1.807) is 7.11 Å². The first-order valence-corrected chi connectivity index (χ1v) is 11.1. The molecule has 0 aromatic carbocycles. The van der Waals surface area contributed by atoms with Gasteiger partial charge in [0.25, 0.3) is 0 Å². The molecule has 0 aromatic rings. The Bertz CT molecular complexity index is 452. The normalized spacial score (nSPS) is 38.6. The molecule has 8 nitrogen and oxygen atoms in total. The van der Waals surface area contributed by atoms with Crippen LogP contribution in [0.1, 0.15) is 45.4 Å². The van der Waals surface area contributed by atoms with Crippen LogP contribution in [0.2, 0.25) is 0 Å². The molecule has 0 spiro atoms. The molecule has 2 saturated heterocycles. The van der Waals surface area contributed by atoms with Crippen LogP contribution < -0.4 is 21.3 Å². The van der Waals surface area contributed by atoms with Gasteiger partial charge in [0.15, 0.2) is 0 Å². The summed E-state index contributed by atoms with van der Waals surface area (Å²) in [4.78, 5) is 2.33. The molecule has 2 aliphatic heterocycles. The van der Waals surface area contributed by atoms with Crippen molar-refractivity contribution in [3.63, 3.8) is 0 Å². The molecule has 5 N–H and O–H groups in total. The highest BCUT2D eigenvalue weighted by Crippen LogP contribution is 2.25. The second-order valence-electron chi connectivity index (χ2n) is 8.73. The average Bonchev–Trinajstić information content (AvgIpc) is 3.19. The molecule has 7 atom stereocenters. The Balaban J connectivity index is 1.45. The van der Waals surface area contributed by atoms with E-state index < -0.39 is 6.10 Å². The summed E-state index contributed by atoms with van der Waals surface area (Å²) in [5.74, 6) is 0. The van der Waals surface area contributed by atoms with Gasteiger partial charge in [-0.2, -0.15) is 0 Å². The van der Waals surface area contributed by atoms with Crippen LogP contribution in [-0.2, 0) is 9.47 Å². The second-order valence-corrected chi connectivity index (χ2v) is 8.73. The van der Waals surface area contributed by atoms with Crippen molar-refractivity contribution in [2.75, 3.05) is 40.4 Å². The van der Waals surface area contributed by atoms with Crippen LogP contribution in [0.15, 0.2) is 0 Å². The van der Waals surface area contributed by atoms with Crippen LogP contribution in [0.3, 0.4) is 0 Å². The Kier molecular flexibility index (Phi) is 8.93. The molecule has 8 heteroatoms. The summed E-state index contributed by atoms with van der Waals surface area (Å²) in [5, 5.41) is 24.5. The van der Waals surface area contributed by atoms with Gasteiger partial charge >= 0.3 is 0 Å². The molecule has 0 radical (unpaired) electrons. The van der Waals surface area contributed by atoms with E-state index in [1.165, 1.54) is 12.8 Å². The molecule has 1 aliphatic carbocycles. The fraction of sp³-hybridized carbons (Fsp3) is 1.00. The summed E-state index contributed by atoms with van der Waals surface area (Å²) < 4.78 is 11.8. The molecule has 3 aliphatic rings. The van der Waals surface area contributed by atoms with E-state index in [0.717, 1.165) is 38.8 Å². The van der Waals surface area contributed by atoms with Crippen molar-refractivity contribution >= 4 is 0 Å². The number of aliphatic hydroxyl groups excluding tert-OH is 1. The Morgan fingerprint density at radius 3 is 2.64 bits per heavy atom. The van der Waals surface area contributed by atoms with Crippen molar-refractivity contribution in [2.45, 2.75) is 88.3 Å². The number of nitrogens with one attached hydrogen (secondary N) is 4. The van der Waals surface area contributed by atoms with Gasteiger partial charge in [0.05, 0.1) is 31.1 Å². The van der Waals surface area contributed by atoms with Gasteiger partial charge in [-0.1, -0.05) is 0 Å². The molecule has 0 aromatic heterocycles. The molecule has 3 fully saturated rings. The SMILES string of the molecule is CNC1CC(C)NC(NC2CCC(OC)C(OC[C@H](O)CN3CCCC3)C2)N1. The maximum Gasteiger partial charge on any atom is 0.113 e. The Morgan fingerprint density at radius 2 is 1.93 bits per heavy atom.